The Morgan fingerprint density at radius 2 is 1.45 bits per heavy atom. The highest BCUT2D eigenvalue weighted by Gasteiger charge is 2.19. The Bertz CT molecular complexity index is 1960. The van der Waals surface area contributed by atoms with E-state index in [4.69, 9.17) is 9.40 Å². The summed E-state index contributed by atoms with van der Waals surface area (Å²) in [6, 6.07) is 35.1. The van der Waals surface area contributed by atoms with E-state index in [1.807, 2.05) is 36.4 Å². The third-order valence-corrected chi connectivity index (χ3v) is 8.27. The van der Waals surface area contributed by atoms with Crippen LogP contribution >= 0.6 is 11.3 Å². The zero-order chi connectivity index (χ0) is 25.8. The maximum atomic E-state index is 10.6. The molecule has 0 aliphatic rings. The lowest BCUT2D eigenvalue weighted by atomic mass is 9.95. The number of rotatable bonds is 4. The molecule has 7 rings (SSSR count). The molecule has 5 aromatic carbocycles. The second-order valence-corrected chi connectivity index (χ2v) is 11.0. The van der Waals surface area contributed by atoms with Gasteiger partial charge in [0.05, 0.1) is 15.8 Å². The molecule has 0 unspecified atom stereocenters. The van der Waals surface area contributed by atoms with Gasteiger partial charge in [-0.05, 0) is 52.9 Å². The van der Waals surface area contributed by atoms with Crippen LogP contribution in [-0.4, -0.2) is 10.1 Å². The average molecular weight is 512 g/mol. The van der Waals surface area contributed by atoms with Crippen LogP contribution < -0.4 is 0 Å². The van der Waals surface area contributed by atoms with Gasteiger partial charge in [0.25, 0.3) is 0 Å². The van der Waals surface area contributed by atoms with Gasteiger partial charge in [0.15, 0.2) is 0 Å². The van der Waals surface area contributed by atoms with Gasteiger partial charge < -0.3 is 9.52 Å². The maximum absolute atomic E-state index is 10.6. The van der Waals surface area contributed by atoms with Crippen molar-refractivity contribution in [2.45, 2.75) is 19.8 Å². The Morgan fingerprint density at radius 3 is 2.26 bits per heavy atom. The average Bonchev–Trinajstić information content (AvgIpc) is 3.54. The number of aromatic nitrogens is 1. The summed E-state index contributed by atoms with van der Waals surface area (Å²) >= 11 is 1.60. The highest BCUT2D eigenvalue weighted by atomic mass is 32.1. The Balaban J connectivity index is 1.51. The third-order valence-electron chi connectivity index (χ3n) is 7.23. The topological polar surface area (TPSA) is 46.3 Å². The fraction of sp³-hybridized carbons (Fsp3) is 0.0882. The van der Waals surface area contributed by atoms with Gasteiger partial charge in [0.2, 0.25) is 0 Å². The number of nitrogens with zero attached hydrogens (tertiary/aromatic N) is 1. The first-order chi connectivity index (χ1) is 18.6. The first-order valence-corrected chi connectivity index (χ1v) is 13.6. The molecule has 0 amide bonds. The zero-order valence-electron chi connectivity index (χ0n) is 21.1. The maximum Gasteiger partial charge on any atom is 0.143 e. The molecule has 0 spiro atoms. The summed E-state index contributed by atoms with van der Waals surface area (Å²) in [5.41, 5.74) is 9.02. The number of phenols is 1. The van der Waals surface area contributed by atoms with Crippen LogP contribution in [0.4, 0.5) is 0 Å². The summed E-state index contributed by atoms with van der Waals surface area (Å²) in [7, 11) is 0. The van der Waals surface area contributed by atoms with Crippen LogP contribution in [0.1, 0.15) is 25.3 Å². The lowest BCUT2D eigenvalue weighted by molar-refractivity contribution is 0.477. The van der Waals surface area contributed by atoms with E-state index in [-0.39, 0.29) is 5.75 Å². The monoisotopic (exact) mass is 511 g/mol. The van der Waals surface area contributed by atoms with E-state index in [1.54, 1.807) is 17.4 Å². The molecule has 0 fully saturated rings. The zero-order valence-corrected chi connectivity index (χ0v) is 21.9. The molecule has 38 heavy (non-hydrogen) atoms. The van der Waals surface area contributed by atoms with Gasteiger partial charge in [-0.2, -0.15) is 0 Å². The second kappa shape index (κ2) is 8.86. The minimum Gasteiger partial charge on any atom is -0.507 e. The molecule has 0 atom stereocenters. The van der Waals surface area contributed by atoms with Gasteiger partial charge in [-0.1, -0.05) is 86.6 Å². The number of benzene rings is 5. The number of para-hydroxylation sites is 3. The van der Waals surface area contributed by atoms with Crippen LogP contribution in [0.2, 0.25) is 0 Å². The highest BCUT2D eigenvalue weighted by Crippen LogP contribution is 2.44. The first kappa shape index (κ1) is 22.8. The van der Waals surface area contributed by atoms with Crippen molar-refractivity contribution < 1.29 is 9.52 Å². The lowest BCUT2D eigenvalue weighted by Gasteiger charge is -2.10. The fourth-order valence-corrected chi connectivity index (χ4v) is 6.26. The molecular formula is C34H25NO2S. The van der Waals surface area contributed by atoms with Crippen molar-refractivity contribution in [3.8, 4) is 38.6 Å². The lowest BCUT2D eigenvalue weighted by Crippen LogP contribution is -1.88. The van der Waals surface area contributed by atoms with E-state index in [0.717, 1.165) is 65.0 Å². The minimum atomic E-state index is 0.233. The molecule has 2 heterocycles. The number of hydrogen-bond donors (Lipinski definition) is 1. The van der Waals surface area contributed by atoms with Gasteiger partial charge in [-0.25, -0.2) is 4.98 Å². The number of fused-ring (bicyclic) bond motifs is 4. The molecule has 0 radical (unpaired) electrons. The van der Waals surface area contributed by atoms with E-state index in [1.165, 1.54) is 5.56 Å². The molecule has 0 saturated carbocycles. The van der Waals surface area contributed by atoms with Crippen molar-refractivity contribution in [1.82, 2.24) is 4.98 Å². The van der Waals surface area contributed by atoms with Crippen LogP contribution in [0.25, 0.3) is 65.0 Å². The largest absolute Gasteiger partial charge is 0.507 e. The molecule has 0 aliphatic carbocycles. The summed E-state index contributed by atoms with van der Waals surface area (Å²) in [6.45, 7) is 4.43. The summed E-state index contributed by atoms with van der Waals surface area (Å²) in [5, 5.41) is 13.5. The van der Waals surface area contributed by atoms with Gasteiger partial charge >= 0.3 is 0 Å². The van der Waals surface area contributed by atoms with Crippen LogP contribution in [0.5, 0.6) is 5.75 Å². The highest BCUT2D eigenvalue weighted by molar-refractivity contribution is 7.21. The number of hydrogen-bond acceptors (Lipinski definition) is 4. The minimum absolute atomic E-state index is 0.233. The summed E-state index contributed by atoms with van der Waals surface area (Å²) in [6.07, 6.45) is 0. The number of aromatic hydroxyl groups is 1. The van der Waals surface area contributed by atoms with E-state index in [9.17, 15) is 5.11 Å². The van der Waals surface area contributed by atoms with E-state index < -0.39 is 0 Å². The molecule has 0 saturated heterocycles. The van der Waals surface area contributed by atoms with Crippen molar-refractivity contribution in [2.75, 3.05) is 0 Å². The van der Waals surface area contributed by atoms with Crippen molar-refractivity contribution >= 4 is 43.5 Å². The molecular weight excluding hydrogens is 486 g/mol. The van der Waals surface area contributed by atoms with Crippen molar-refractivity contribution in [2.24, 2.45) is 0 Å². The Morgan fingerprint density at radius 1 is 0.711 bits per heavy atom. The molecule has 0 bridgehead atoms. The second-order valence-electron chi connectivity index (χ2n) is 9.96. The third kappa shape index (κ3) is 3.68. The predicted octanol–water partition coefficient (Wildman–Crippen LogP) is 10.0. The molecule has 4 heteroatoms. The normalized spacial score (nSPS) is 11.8. The van der Waals surface area contributed by atoms with Crippen molar-refractivity contribution in [3.05, 3.63) is 109 Å². The van der Waals surface area contributed by atoms with Crippen LogP contribution in [0, 0.1) is 0 Å². The quantitative estimate of drug-likeness (QED) is 0.256. The molecule has 7 aromatic rings. The summed E-state index contributed by atoms with van der Waals surface area (Å²) in [5.74, 6) is 0.715. The SMILES string of the molecule is CC(C)c1ccc(-c2cc(-c3cccc4c3oc3ccccc34)c3nc(-c4ccccc4O)sc3c2)cc1. The van der Waals surface area contributed by atoms with Gasteiger partial charge in [-0.15, -0.1) is 11.3 Å². The van der Waals surface area contributed by atoms with Gasteiger partial charge in [-0.3, -0.25) is 0 Å². The number of phenolic OH excluding ortho intramolecular Hbond substituents is 1. The Labute approximate surface area is 224 Å². The predicted molar refractivity (Wildman–Crippen MR) is 159 cm³/mol. The van der Waals surface area contributed by atoms with E-state index >= 15 is 0 Å². The Kier molecular flexibility index (Phi) is 5.31. The molecule has 184 valence electrons. The van der Waals surface area contributed by atoms with E-state index in [2.05, 4.69) is 74.5 Å². The standard InChI is InChI=1S/C34H25NO2S/c1-20(2)21-14-16-22(17-15-21)23-18-28(26-11-7-10-25-24-8-4-6-13-30(24)37-33(25)26)32-31(19-23)38-34(35-32)27-9-3-5-12-29(27)36/h3-20,36H,1-2H3. The molecule has 3 nitrogen and oxygen atoms in total. The molecule has 1 N–H and O–H groups in total. The van der Waals surface area contributed by atoms with Crippen LogP contribution in [0.3, 0.4) is 0 Å². The van der Waals surface area contributed by atoms with E-state index in [0.29, 0.717) is 5.92 Å². The van der Waals surface area contributed by atoms with Gasteiger partial charge in [0.1, 0.15) is 21.9 Å². The number of thiazole rings is 1. The summed E-state index contributed by atoms with van der Waals surface area (Å²) in [4.78, 5) is 5.07. The fourth-order valence-electron chi connectivity index (χ4n) is 5.19. The van der Waals surface area contributed by atoms with Crippen LogP contribution in [-0.2, 0) is 0 Å². The smallest absolute Gasteiger partial charge is 0.143 e. The molecule has 0 aliphatic heterocycles. The molecule has 2 aromatic heterocycles. The number of furan rings is 1. The summed E-state index contributed by atoms with van der Waals surface area (Å²) < 4.78 is 7.49. The first-order valence-electron chi connectivity index (χ1n) is 12.8. The van der Waals surface area contributed by atoms with Crippen molar-refractivity contribution in [1.29, 1.82) is 0 Å². The van der Waals surface area contributed by atoms with Crippen LogP contribution in [0.15, 0.2) is 108 Å². The van der Waals surface area contributed by atoms with Gasteiger partial charge in [0, 0.05) is 21.9 Å². The van der Waals surface area contributed by atoms with Crippen molar-refractivity contribution in [3.63, 3.8) is 0 Å². The Hall–Kier alpha value is -4.41.